The van der Waals surface area contributed by atoms with Crippen molar-refractivity contribution in [2.24, 2.45) is 0 Å². The van der Waals surface area contributed by atoms with Crippen LogP contribution in [0, 0.1) is 11.3 Å². The Bertz CT molecular complexity index is 371. The number of ether oxygens (including phenoxy) is 2. The molecule has 4 heteroatoms. The van der Waals surface area contributed by atoms with Crippen LogP contribution in [0.1, 0.15) is 12.5 Å². The minimum absolute atomic E-state index is 0.0914. The Kier molecular flexibility index (Phi) is 3.95. The summed E-state index contributed by atoms with van der Waals surface area (Å²) in [5, 5.41) is 8.72. The minimum Gasteiger partial charge on any atom is -0.486 e. The topological polar surface area (TPSA) is 68.3 Å². The molecule has 2 N–H and O–H groups in total. The number of benzene rings is 1. The number of nitriles is 1. The van der Waals surface area contributed by atoms with Crippen molar-refractivity contribution in [2.45, 2.75) is 13.0 Å². The van der Waals surface area contributed by atoms with Gasteiger partial charge in [-0.1, -0.05) is 0 Å². The van der Waals surface area contributed by atoms with Crippen molar-refractivity contribution in [3.63, 3.8) is 0 Å². The predicted octanol–water partition coefficient (Wildman–Crippen LogP) is 1.55. The van der Waals surface area contributed by atoms with Crippen molar-refractivity contribution in [2.75, 3.05) is 19.5 Å². The molecule has 0 aromatic heterocycles. The van der Waals surface area contributed by atoms with Crippen molar-refractivity contribution >= 4 is 5.69 Å². The highest BCUT2D eigenvalue weighted by Gasteiger charge is 2.07. The molecule has 1 atom stereocenters. The molecule has 1 aromatic rings. The Morgan fingerprint density at radius 2 is 2.27 bits per heavy atom. The standard InChI is InChI=1S/C11H14N2O2/c1-8(7-14-2)15-11-5-9(6-12)3-4-10(11)13/h3-5,8H,7,13H2,1-2H3. The molecule has 0 fully saturated rings. The van der Waals surface area contributed by atoms with Crippen molar-refractivity contribution < 1.29 is 9.47 Å². The number of methoxy groups -OCH3 is 1. The molecule has 0 radical (unpaired) electrons. The molecule has 0 aliphatic rings. The molecule has 0 saturated heterocycles. The van der Waals surface area contributed by atoms with Crippen molar-refractivity contribution in [3.05, 3.63) is 23.8 Å². The zero-order valence-electron chi connectivity index (χ0n) is 8.86. The van der Waals surface area contributed by atoms with Gasteiger partial charge in [0.25, 0.3) is 0 Å². The van der Waals surface area contributed by atoms with E-state index in [0.717, 1.165) is 0 Å². The van der Waals surface area contributed by atoms with Crippen LogP contribution in [0.3, 0.4) is 0 Å². The lowest BCUT2D eigenvalue weighted by Gasteiger charge is -2.15. The fourth-order valence-corrected chi connectivity index (χ4v) is 1.19. The molecule has 4 nitrogen and oxygen atoms in total. The second-order valence-electron chi connectivity index (χ2n) is 3.25. The predicted molar refractivity (Wildman–Crippen MR) is 57.5 cm³/mol. The van der Waals surface area contributed by atoms with E-state index in [4.69, 9.17) is 20.5 Å². The first kappa shape index (κ1) is 11.3. The highest BCUT2D eigenvalue weighted by Crippen LogP contribution is 2.23. The maximum absolute atomic E-state index is 8.72. The van der Waals surface area contributed by atoms with Crippen molar-refractivity contribution in [3.8, 4) is 11.8 Å². The quantitative estimate of drug-likeness (QED) is 0.759. The minimum atomic E-state index is -0.0914. The van der Waals surface area contributed by atoms with Crippen LogP contribution >= 0.6 is 0 Å². The van der Waals surface area contributed by atoms with Crippen LogP contribution in [0.5, 0.6) is 5.75 Å². The maximum Gasteiger partial charge on any atom is 0.144 e. The van der Waals surface area contributed by atoms with Gasteiger partial charge in [0.05, 0.1) is 23.9 Å². The van der Waals surface area contributed by atoms with E-state index in [-0.39, 0.29) is 6.10 Å². The number of hydrogen-bond donors (Lipinski definition) is 1. The van der Waals surface area contributed by atoms with Crippen LogP contribution in [-0.4, -0.2) is 19.8 Å². The second kappa shape index (κ2) is 5.23. The molecule has 0 aliphatic carbocycles. The number of anilines is 1. The molecule has 0 bridgehead atoms. The third-order valence-corrected chi connectivity index (χ3v) is 1.87. The van der Waals surface area contributed by atoms with Gasteiger partial charge in [0, 0.05) is 13.2 Å². The van der Waals surface area contributed by atoms with E-state index in [9.17, 15) is 0 Å². The third kappa shape index (κ3) is 3.15. The van der Waals surface area contributed by atoms with E-state index < -0.39 is 0 Å². The highest BCUT2D eigenvalue weighted by molar-refractivity contribution is 5.56. The molecule has 0 heterocycles. The van der Waals surface area contributed by atoms with Gasteiger partial charge in [0.2, 0.25) is 0 Å². The summed E-state index contributed by atoms with van der Waals surface area (Å²) in [6.45, 7) is 2.36. The zero-order valence-corrected chi connectivity index (χ0v) is 8.86. The lowest BCUT2D eigenvalue weighted by Crippen LogP contribution is -2.18. The molecule has 0 aliphatic heterocycles. The molecule has 1 rings (SSSR count). The number of nitrogen functional groups attached to an aromatic ring is 1. The molecule has 0 saturated carbocycles. The number of nitrogens with two attached hydrogens (primary N) is 1. The summed E-state index contributed by atoms with van der Waals surface area (Å²) in [7, 11) is 1.61. The molecule has 15 heavy (non-hydrogen) atoms. The second-order valence-corrected chi connectivity index (χ2v) is 3.25. The lowest BCUT2D eigenvalue weighted by molar-refractivity contribution is 0.0926. The Morgan fingerprint density at radius 1 is 1.53 bits per heavy atom. The SMILES string of the molecule is COCC(C)Oc1cc(C#N)ccc1N. The number of nitrogens with zero attached hydrogens (tertiary/aromatic N) is 1. The summed E-state index contributed by atoms with van der Waals surface area (Å²) in [5.41, 5.74) is 6.77. The van der Waals surface area contributed by atoms with Crippen LogP contribution in [0.25, 0.3) is 0 Å². The normalized spacial score (nSPS) is 11.8. The molecule has 1 unspecified atom stereocenters. The van der Waals surface area contributed by atoms with Crippen LogP contribution in [0.4, 0.5) is 5.69 Å². The van der Waals surface area contributed by atoms with Crippen LogP contribution < -0.4 is 10.5 Å². The summed E-state index contributed by atoms with van der Waals surface area (Å²) < 4.78 is 10.5. The fraction of sp³-hybridized carbons (Fsp3) is 0.364. The first-order valence-electron chi connectivity index (χ1n) is 4.62. The van der Waals surface area contributed by atoms with E-state index in [1.54, 1.807) is 25.3 Å². The first-order valence-corrected chi connectivity index (χ1v) is 4.62. The van der Waals surface area contributed by atoms with Crippen LogP contribution in [0.2, 0.25) is 0 Å². The van der Waals surface area contributed by atoms with Crippen molar-refractivity contribution in [1.82, 2.24) is 0 Å². The zero-order chi connectivity index (χ0) is 11.3. The maximum atomic E-state index is 8.72. The lowest BCUT2D eigenvalue weighted by atomic mass is 10.2. The van der Waals surface area contributed by atoms with E-state index in [2.05, 4.69) is 0 Å². The van der Waals surface area contributed by atoms with Gasteiger partial charge in [-0.2, -0.15) is 5.26 Å². The van der Waals surface area contributed by atoms with Gasteiger partial charge >= 0.3 is 0 Å². The van der Waals surface area contributed by atoms with Gasteiger partial charge < -0.3 is 15.2 Å². The molecule has 0 amide bonds. The number of hydrogen-bond acceptors (Lipinski definition) is 4. The third-order valence-electron chi connectivity index (χ3n) is 1.87. The fourth-order valence-electron chi connectivity index (χ4n) is 1.19. The largest absolute Gasteiger partial charge is 0.486 e. The van der Waals surface area contributed by atoms with E-state index in [0.29, 0.717) is 23.6 Å². The Labute approximate surface area is 89.2 Å². The van der Waals surface area contributed by atoms with E-state index >= 15 is 0 Å². The Hall–Kier alpha value is -1.73. The van der Waals surface area contributed by atoms with Gasteiger partial charge in [-0.3, -0.25) is 0 Å². The van der Waals surface area contributed by atoms with Crippen molar-refractivity contribution in [1.29, 1.82) is 5.26 Å². The van der Waals surface area contributed by atoms with Gasteiger partial charge in [0.1, 0.15) is 11.9 Å². The number of rotatable bonds is 4. The monoisotopic (exact) mass is 206 g/mol. The van der Waals surface area contributed by atoms with Gasteiger partial charge in [-0.15, -0.1) is 0 Å². The molecule has 1 aromatic carbocycles. The Morgan fingerprint density at radius 3 is 2.87 bits per heavy atom. The summed E-state index contributed by atoms with van der Waals surface area (Å²) in [6, 6.07) is 6.98. The molecular formula is C11H14N2O2. The average molecular weight is 206 g/mol. The summed E-state index contributed by atoms with van der Waals surface area (Å²) in [5.74, 6) is 0.526. The molecule has 0 spiro atoms. The van der Waals surface area contributed by atoms with Crippen LogP contribution in [-0.2, 0) is 4.74 Å². The van der Waals surface area contributed by atoms with Gasteiger partial charge in [0.15, 0.2) is 0 Å². The van der Waals surface area contributed by atoms with Crippen LogP contribution in [0.15, 0.2) is 18.2 Å². The van der Waals surface area contributed by atoms with E-state index in [1.807, 2.05) is 13.0 Å². The summed E-state index contributed by atoms with van der Waals surface area (Å²) in [4.78, 5) is 0. The summed E-state index contributed by atoms with van der Waals surface area (Å²) >= 11 is 0. The Balaban J connectivity index is 2.80. The molecular weight excluding hydrogens is 192 g/mol. The highest BCUT2D eigenvalue weighted by atomic mass is 16.5. The van der Waals surface area contributed by atoms with Gasteiger partial charge in [-0.25, -0.2) is 0 Å². The van der Waals surface area contributed by atoms with E-state index in [1.165, 1.54) is 0 Å². The summed E-state index contributed by atoms with van der Waals surface area (Å²) in [6.07, 6.45) is -0.0914. The van der Waals surface area contributed by atoms with Gasteiger partial charge in [-0.05, 0) is 19.1 Å². The first-order chi connectivity index (χ1) is 7.17. The average Bonchev–Trinajstić information content (AvgIpc) is 2.21. The smallest absolute Gasteiger partial charge is 0.144 e. The molecule has 80 valence electrons.